The van der Waals surface area contributed by atoms with E-state index >= 15 is 0 Å². The SMILES string of the molecule is CCn1ncc2c(NC3CCOCC3)c(-c3nc(CNS(=O)(=O)C4CC4)no3)cnc21. The van der Waals surface area contributed by atoms with E-state index in [0.29, 0.717) is 38.2 Å². The lowest BCUT2D eigenvalue weighted by molar-refractivity contribution is 0.0905. The number of aryl methyl sites for hydroxylation is 1. The Labute approximate surface area is 179 Å². The molecular weight excluding hydrogens is 422 g/mol. The average molecular weight is 448 g/mol. The highest BCUT2D eigenvalue weighted by atomic mass is 32.2. The molecule has 0 spiro atoms. The first-order valence-corrected chi connectivity index (χ1v) is 12.1. The minimum absolute atomic E-state index is 0.00546. The molecule has 0 amide bonds. The summed E-state index contributed by atoms with van der Waals surface area (Å²) in [5.74, 6) is 0.564. The largest absolute Gasteiger partial charge is 0.381 e. The normalized spacial score (nSPS) is 18.0. The molecular formula is C19H25N7O4S. The van der Waals surface area contributed by atoms with Crippen LogP contribution in [0.15, 0.2) is 16.9 Å². The molecule has 0 radical (unpaired) electrons. The first-order valence-electron chi connectivity index (χ1n) is 10.6. The van der Waals surface area contributed by atoms with Gasteiger partial charge in [-0.15, -0.1) is 0 Å². The molecule has 31 heavy (non-hydrogen) atoms. The summed E-state index contributed by atoms with van der Waals surface area (Å²) in [6.45, 7) is 4.13. The molecule has 5 rings (SSSR count). The first kappa shape index (κ1) is 20.3. The second kappa shape index (κ2) is 8.17. The Morgan fingerprint density at radius 2 is 2.00 bits per heavy atom. The van der Waals surface area contributed by atoms with Crippen LogP contribution in [-0.2, 0) is 27.8 Å². The van der Waals surface area contributed by atoms with Crippen LogP contribution in [0.4, 0.5) is 5.69 Å². The van der Waals surface area contributed by atoms with Gasteiger partial charge >= 0.3 is 0 Å². The van der Waals surface area contributed by atoms with Gasteiger partial charge in [-0.1, -0.05) is 5.16 Å². The number of fused-ring (bicyclic) bond motifs is 1. The first-order chi connectivity index (χ1) is 15.0. The van der Waals surface area contributed by atoms with Crippen LogP contribution in [0.2, 0.25) is 0 Å². The Hall–Kier alpha value is -2.57. The molecule has 0 aromatic carbocycles. The van der Waals surface area contributed by atoms with Crippen LogP contribution in [-0.4, -0.2) is 57.8 Å². The number of nitrogens with one attached hydrogen (secondary N) is 2. The summed E-state index contributed by atoms with van der Waals surface area (Å²) < 4.78 is 39.5. The molecule has 4 heterocycles. The highest BCUT2D eigenvalue weighted by molar-refractivity contribution is 7.90. The summed E-state index contributed by atoms with van der Waals surface area (Å²) in [7, 11) is -3.32. The third kappa shape index (κ3) is 4.14. The van der Waals surface area contributed by atoms with Crippen LogP contribution in [0.5, 0.6) is 0 Å². The predicted molar refractivity (Wildman–Crippen MR) is 113 cm³/mol. The van der Waals surface area contributed by atoms with Gasteiger partial charge in [0.15, 0.2) is 11.5 Å². The van der Waals surface area contributed by atoms with Crippen LogP contribution in [0.1, 0.15) is 38.4 Å². The van der Waals surface area contributed by atoms with E-state index in [9.17, 15) is 8.42 Å². The summed E-state index contributed by atoms with van der Waals surface area (Å²) in [4.78, 5) is 8.98. The lowest BCUT2D eigenvalue weighted by Crippen LogP contribution is -2.28. The summed E-state index contributed by atoms with van der Waals surface area (Å²) in [5.41, 5.74) is 2.28. The van der Waals surface area contributed by atoms with E-state index in [2.05, 4.69) is 30.3 Å². The molecule has 11 nitrogen and oxygen atoms in total. The maximum absolute atomic E-state index is 12.1. The number of ether oxygens (including phenoxy) is 1. The molecule has 166 valence electrons. The zero-order chi connectivity index (χ0) is 21.4. The van der Waals surface area contributed by atoms with Gasteiger partial charge < -0.3 is 14.6 Å². The van der Waals surface area contributed by atoms with Crippen LogP contribution >= 0.6 is 0 Å². The van der Waals surface area contributed by atoms with Crippen molar-refractivity contribution in [2.75, 3.05) is 18.5 Å². The second-order valence-electron chi connectivity index (χ2n) is 7.86. The van der Waals surface area contributed by atoms with Gasteiger partial charge in [-0.3, -0.25) is 0 Å². The van der Waals surface area contributed by atoms with Crippen LogP contribution < -0.4 is 10.0 Å². The zero-order valence-electron chi connectivity index (χ0n) is 17.2. The van der Waals surface area contributed by atoms with Crippen molar-refractivity contribution in [1.29, 1.82) is 0 Å². The summed E-state index contributed by atoms with van der Waals surface area (Å²) in [6.07, 6.45) is 6.67. The number of aromatic nitrogens is 5. The third-order valence-electron chi connectivity index (χ3n) is 5.63. The van der Waals surface area contributed by atoms with E-state index < -0.39 is 10.0 Å². The fourth-order valence-electron chi connectivity index (χ4n) is 3.72. The van der Waals surface area contributed by atoms with Crippen molar-refractivity contribution >= 4 is 26.7 Å². The average Bonchev–Trinajstić information content (AvgIpc) is 3.41. The van der Waals surface area contributed by atoms with Gasteiger partial charge in [-0.05, 0) is 32.6 Å². The number of sulfonamides is 1. The van der Waals surface area contributed by atoms with E-state index in [4.69, 9.17) is 9.26 Å². The fraction of sp³-hybridized carbons (Fsp3) is 0.579. The smallest absolute Gasteiger partial charge is 0.261 e. The Bertz CT molecular complexity index is 1180. The lowest BCUT2D eigenvalue weighted by Gasteiger charge is -2.25. The van der Waals surface area contributed by atoms with Crippen molar-refractivity contribution in [3.05, 3.63) is 18.2 Å². The van der Waals surface area contributed by atoms with Gasteiger partial charge in [0.05, 0.1) is 34.6 Å². The maximum atomic E-state index is 12.1. The van der Waals surface area contributed by atoms with Gasteiger partial charge in [0, 0.05) is 32.0 Å². The summed E-state index contributed by atoms with van der Waals surface area (Å²) in [5, 5.41) is 12.6. The van der Waals surface area contributed by atoms with Gasteiger partial charge in [-0.25, -0.2) is 22.8 Å². The van der Waals surface area contributed by atoms with Crippen molar-refractivity contribution in [3.8, 4) is 11.5 Å². The molecule has 1 saturated heterocycles. The molecule has 0 bridgehead atoms. The highest BCUT2D eigenvalue weighted by Crippen LogP contribution is 2.34. The monoisotopic (exact) mass is 447 g/mol. The number of anilines is 1. The minimum atomic E-state index is -3.32. The lowest BCUT2D eigenvalue weighted by atomic mass is 10.1. The van der Waals surface area contributed by atoms with E-state index in [1.165, 1.54) is 0 Å². The molecule has 1 aliphatic heterocycles. The van der Waals surface area contributed by atoms with E-state index in [-0.39, 0.29) is 29.6 Å². The van der Waals surface area contributed by atoms with Crippen molar-refractivity contribution in [2.24, 2.45) is 0 Å². The third-order valence-corrected chi connectivity index (χ3v) is 7.52. The van der Waals surface area contributed by atoms with Gasteiger partial charge in [0.2, 0.25) is 10.0 Å². The van der Waals surface area contributed by atoms with E-state index in [1.807, 2.05) is 11.6 Å². The highest BCUT2D eigenvalue weighted by Gasteiger charge is 2.35. The number of pyridine rings is 1. The topological polar surface area (TPSA) is 137 Å². The minimum Gasteiger partial charge on any atom is -0.381 e. The molecule has 1 saturated carbocycles. The van der Waals surface area contributed by atoms with Crippen LogP contribution in [0, 0.1) is 0 Å². The molecule has 3 aromatic rings. The molecule has 0 unspecified atom stereocenters. The maximum Gasteiger partial charge on any atom is 0.261 e. The standard InChI is InChI=1S/C19H25N7O4S/c1-2-26-18-14(10-21-26)17(23-12-5-7-29-8-6-12)15(9-20-18)19-24-16(25-30-19)11-22-31(27,28)13-3-4-13/h9-10,12-13,22H,2-8,11H2,1H3,(H,20,23). The number of rotatable bonds is 8. The van der Waals surface area contributed by atoms with E-state index in [0.717, 1.165) is 29.6 Å². The Kier molecular flexibility index (Phi) is 5.36. The molecule has 0 atom stereocenters. The fourth-order valence-corrected chi connectivity index (χ4v) is 5.04. The number of nitrogens with zero attached hydrogens (tertiary/aromatic N) is 5. The molecule has 12 heteroatoms. The van der Waals surface area contributed by atoms with Crippen molar-refractivity contribution in [1.82, 2.24) is 29.6 Å². The summed E-state index contributed by atoms with van der Waals surface area (Å²) >= 11 is 0. The van der Waals surface area contributed by atoms with Gasteiger partial charge in [0.25, 0.3) is 5.89 Å². The Morgan fingerprint density at radius 1 is 1.19 bits per heavy atom. The molecule has 2 aliphatic rings. The van der Waals surface area contributed by atoms with Crippen molar-refractivity contribution < 1.29 is 17.7 Å². The van der Waals surface area contributed by atoms with Crippen LogP contribution in [0.25, 0.3) is 22.5 Å². The Morgan fingerprint density at radius 3 is 2.74 bits per heavy atom. The second-order valence-corrected chi connectivity index (χ2v) is 9.90. The molecule has 3 aromatic heterocycles. The molecule has 2 fully saturated rings. The van der Waals surface area contributed by atoms with E-state index in [1.54, 1.807) is 12.4 Å². The zero-order valence-corrected chi connectivity index (χ0v) is 18.1. The van der Waals surface area contributed by atoms with Crippen molar-refractivity contribution in [2.45, 2.75) is 57.0 Å². The Balaban J connectivity index is 1.45. The van der Waals surface area contributed by atoms with Crippen LogP contribution in [0.3, 0.4) is 0 Å². The number of hydrogen-bond donors (Lipinski definition) is 2. The van der Waals surface area contributed by atoms with Gasteiger partial charge in [0.1, 0.15) is 0 Å². The number of hydrogen-bond acceptors (Lipinski definition) is 9. The summed E-state index contributed by atoms with van der Waals surface area (Å²) in [6, 6.07) is 0.246. The molecule has 1 aliphatic carbocycles. The predicted octanol–water partition coefficient (Wildman–Crippen LogP) is 1.67. The quantitative estimate of drug-likeness (QED) is 0.528. The molecule has 2 N–H and O–H groups in total. The van der Waals surface area contributed by atoms with Crippen molar-refractivity contribution in [3.63, 3.8) is 0 Å². The van der Waals surface area contributed by atoms with Gasteiger partial charge in [-0.2, -0.15) is 10.1 Å².